The van der Waals surface area contributed by atoms with Crippen LogP contribution in [0.4, 0.5) is 0 Å². The predicted octanol–water partition coefficient (Wildman–Crippen LogP) is 2.93. The van der Waals surface area contributed by atoms with Gasteiger partial charge in [-0.3, -0.25) is 0 Å². The molecule has 2 atom stereocenters. The highest BCUT2D eigenvalue weighted by Crippen LogP contribution is 2.35. The minimum atomic E-state index is -0.649. The van der Waals surface area contributed by atoms with Crippen molar-refractivity contribution in [2.24, 2.45) is 0 Å². The van der Waals surface area contributed by atoms with Gasteiger partial charge in [-0.2, -0.15) is 0 Å². The second kappa shape index (κ2) is 4.63. The zero-order valence-electron chi connectivity index (χ0n) is 10.00. The molecule has 2 unspecified atom stereocenters. The molecule has 2 heterocycles. The number of rotatable bonds is 2. The largest absolute Gasteiger partial charge is 0.486 e. The van der Waals surface area contributed by atoms with Crippen LogP contribution in [-0.4, -0.2) is 17.8 Å². The molecule has 0 amide bonds. The van der Waals surface area contributed by atoms with Gasteiger partial charge in [0.25, 0.3) is 0 Å². The molecule has 0 fully saturated rings. The summed E-state index contributed by atoms with van der Waals surface area (Å²) >= 11 is 1.63. The van der Waals surface area contributed by atoms with E-state index in [4.69, 9.17) is 9.47 Å². The molecular formula is C14H14O3S. The van der Waals surface area contributed by atoms with Crippen LogP contribution in [0.3, 0.4) is 0 Å². The van der Waals surface area contributed by atoms with Crippen molar-refractivity contribution in [3.63, 3.8) is 0 Å². The molecule has 0 radical (unpaired) electrons. The lowest BCUT2D eigenvalue weighted by atomic mass is 10.1. The Kier molecular flexibility index (Phi) is 2.97. The third kappa shape index (κ3) is 1.98. The van der Waals surface area contributed by atoms with E-state index in [0.717, 1.165) is 16.2 Å². The first-order valence-electron chi connectivity index (χ1n) is 5.86. The molecule has 1 aliphatic heterocycles. The Morgan fingerprint density at radius 1 is 1.28 bits per heavy atom. The standard InChI is InChI=1S/C14H14O3S/c1-9-10(6-7-18-9)14(15)13-8-16-11-4-2-3-5-12(11)17-13/h2-7,13-15H,8H2,1H3. The van der Waals surface area contributed by atoms with Crippen molar-refractivity contribution < 1.29 is 14.6 Å². The lowest BCUT2D eigenvalue weighted by Gasteiger charge is -2.29. The van der Waals surface area contributed by atoms with Crippen LogP contribution in [0.25, 0.3) is 0 Å². The molecule has 1 aliphatic rings. The minimum absolute atomic E-state index is 0.354. The van der Waals surface area contributed by atoms with Gasteiger partial charge in [-0.15, -0.1) is 11.3 Å². The monoisotopic (exact) mass is 262 g/mol. The molecule has 94 valence electrons. The second-order valence-electron chi connectivity index (χ2n) is 4.29. The van der Waals surface area contributed by atoms with Crippen LogP contribution in [0, 0.1) is 6.92 Å². The molecule has 1 aromatic heterocycles. The van der Waals surface area contributed by atoms with Gasteiger partial charge < -0.3 is 14.6 Å². The fraction of sp³-hybridized carbons (Fsp3) is 0.286. The number of aliphatic hydroxyl groups is 1. The van der Waals surface area contributed by atoms with Crippen LogP contribution < -0.4 is 9.47 Å². The smallest absolute Gasteiger partial charge is 0.163 e. The molecule has 0 saturated heterocycles. The molecule has 1 N–H and O–H groups in total. The Hall–Kier alpha value is -1.52. The summed E-state index contributed by atoms with van der Waals surface area (Å²) < 4.78 is 11.4. The van der Waals surface area contributed by atoms with Gasteiger partial charge in [0.2, 0.25) is 0 Å². The number of fused-ring (bicyclic) bond motifs is 1. The van der Waals surface area contributed by atoms with Crippen molar-refractivity contribution >= 4 is 11.3 Å². The highest BCUT2D eigenvalue weighted by atomic mass is 32.1. The van der Waals surface area contributed by atoms with Crippen molar-refractivity contribution in [3.8, 4) is 11.5 Å². The lowest BCUT2D eigenvalue weighted by Crippen LogP contribution is -2.34. The summed E-state index contributed by atoms with van der Waals surface area (Å²) in [5.41, 5.74) is 0.924. The number of thiophene rings is 1. The van der Waals surface area contributed by atoms with E-state index >= 15 is 0 Å². The molecular weight excluding hydrogens is 248 g/mol. The molecule has 1 aromatic carbocycles. The van der Waals surface area contributed by atoms with Gasteiger partial charge in [0.1, 0.15) is 12.7 Å². The number of benzene rings is 1. The SMILES string of the molecule is Cc1sccc1C(O)C1COc2ccccc2O1. The van der Waals surface area contributed by atoms with Crippen molar-refractivity contribution in [2.75, 3.05) is 6.61 Å². The normalized spacial score (nSPS) is 19.6. The van der Waals surface area contributed by atoms with Crippen molar-refractivity contribution in [1.29, 1.82) is 0 Å². The van der Waals surface area contributed by atoms with Crippen LogP contribution >= 0.6 is 11.3 Å². The quantitative estimate of drug-likeness (QED) is 0.904. The van der Waals surface area contributed by atoms with Gasteiger partial charge in [0.15, 0.2) is 17.6 Å². The average Bonchev–Trinajstić information content (AvgIpc) is 2.83. The highest BCUT2D eigenvalue weighted by molar-refractivity contribution is 7.10. The molecule has 0 bridgehead atoms. The van der Waals surface area contributed by atoms with Crippen molar-refractivity contribution in [3.05, 3.63) is 46.2 Å². The Labute approximate surface area is 110 Å². The first-order valence-corrected chi connectivity index (χ1v) is 6.74. The first-order chi connectivity index (χ1) is 8.75. The highest BCUT2D eigenvalue weighted by Gasteiger charge is 2.29. The summed E-state index contributed by atoms with van der Waals surface area (Å²) in [6.07, 6.45) is -1.00. The number of ether oxygens (including phenoxy) is 2. The predicted molar refractivity (Wildman–Crippen MR) is 70.4 cm³/mol. The summed E-state index contributed by atoms with van der Waals surface area (Å²) in [5, 5.41) is 12.3. The fourth-order valence-corrected chi connectivity index (χ4v) is 2.84. The van der Waals surface area contributed by atoms with E-state index in [2.05, 4.69) is 0 Å². The van der Waals surface area contributed by atoms with Crippen LogP contribution in [0.5, 0.6) is 11.5 Å². The van der Waals surface area contributed by atoms with Crippen LogP contribution in [0.2, 0.25) is 0 Å². The summed E-state index contributed by atoms with van der Waals surface area (Å²) in [4.78, 5) is 1.12. The molecule has 0 spiro atoms. The average molecular weight is 262 g/mol. The number of aryl methyl sites for hydroxylation is 1. The lowest BCUT2D eigenvalue weighted by molar-refractivity contribution is -0.0113. The van der Waals surface area contributed by atoms with E-state index in [1.807, 2.05) is 42.6 Å². The summed E-state index contributed by atoms with van der Waals surface area (Å²) in [6.45, 7) is 2.37. The minimum Gasteiger partial charge on any atom is -0.486 e. The van der Waals surface area contributed by atoms with Crippen LogP contribution in [-0.2, 0) is 0 Å². The van der Waals surface area contributed by atoms with E-state index in [1.165, 1.54) is 0 Å². The maximum absolute atomic E-state index is 10.3. The molecule has 0 aliphatic carbocycles. The Morgan fingerprint density at radius 3 is 2.78 bits per heavy atom. The zero-order valence-corrected chi connectivity index (χ0v) is 10.8. The van der Waals surface area contributed by atoms with Crippen LogP contribution in [0.1, 0.15) is 16.5 Å². The Morgan fingerprint density at radius 2 is 2.06 bits per heavy atom. The van der Waals surface area contributed by atoms with Gasteiger partial charge in [-0.05, 0) is 36.1 Å². The second-order valence-corrected chi connectivity index (χ2v) is 5.41. The summed E-state index contributed by atoms with van der Waals surface area (Å²) in [5.74, 6) is 1.43. The molecule has 3 rings (SSSR count). The van der Waals surface area contributed by atoms with Gasteiger partial charge in [-0.1, -0.05) is 12.1 Å². The van der Waals surface area contributed by atoms with E-state index in [0.29, 0.717) is 12.4 Å². The molecule has 4 heteroatoms. The Bertz CT molecular complexity index is 549. The van der Waals surface area contributed by atoms with E-state index < -0.39 is 6.10 Å². The number of hydrogen-bond donors (Lipinski definition) is 1. The molecule has 2 aromatic rings. The topological polar surface area (TPSA) is 38.7 Å². The maximum Gasteiger partial charge on any atom is 0.163 e. The van der Waals surface area contributed by atoms with E-state index in [1.54, 1.807) is 11.3 Å². The van der Waals surface area contributed by atoms with E-state index in [9.17, 15) is 5.11 Å². The van der Waals surface area contributed by atoms with Crippen molar-refractivity contribution in [1.82, 2.24) is 0 Å². The fourth-order valence-electron chi connectivity index (χ4n) is 2.09. The van der Waals surface area contributed by atoms with Crippen molar-refractivity contribution in [2.45, 2.75) is 19.1 Å². The number of aliphatic hydroxyl groups excluding tert-OH is 1. The Balaban J connectivity index is 1.82. The third-order valence-electron chi connectivity index (χ3n) is 3.10. The zero-order chi connectivity index (χ0) is 12.5. The van der Waals surface area contributed by atoms with E-state index in [-0.39, 0.29) is 6.10 Å². The molecule has 18 heavy (non-hydrogen) atoms. The first kappa shape index (κ1) is 11.6. The third-order valence-corrected chi connectivity index (χ3v) is 3.96. The molecule has 0 saturated carbocycles. The number of para-hydroxylation sites is 2. The van der Waals surface area contributed by atoms with Crippen LogP contribution in [0.15, 0.2) is 35.7 Å². The van der Waals surface area contributed by atoms with Gasteiger partial charge in [-0.25, -0.2) is 0 Å². The van der Waals surface area contributed by atoms with Gasteiger partial charge in [0.05, 0.1) is 0 Å². The van der Waals surface area contributed by atoms with Gasteiger partial charge >= 0.3 is 0 Å². The number of hydrogen-bond acceptors (Lipinski definition) is 4. The molecule has 3 nitrogen and oxygen atoms in total. The maximum atomic E-state index is 10.3. The summed E-state index contributed by atoms with van der Waals surface area (Å²) in [7, 11) is 0. The van der Waals surface area contributed by atoms with Gasteiger partial charge in [0, 0.05) is 4.88 Å². The summed E-state index contributed by atoms with van der Waals surface area (Å²) in [6, 6.07) is 9.46.